The van der Waals surface area contributed by atoms with Crippen LogP contribution in [0.25, 0.3) is 77.6 Å². The van der Waals surface area contributed by atoms with Gasteiger partial charge >= 0.3 is 0 Å². The van der Waals surface area contributed by atoms with E-state index in [0.717, 1.165) is 78.1 Å². The Balaban J connectivity index is 1.27. The topological polar surface area (TPSA) is 41.9 Å². The molecule has 0 aliphatic rings. The molecular weight excluding hydrogens is 669 g/mol. The van der Waals surface area contributed by atoms with E-state index in [1.165, 1.54) is 10.8 Å². The highest BCUT2D eigenvalue weighted by Crippen LogP contribution is 2.47. The Bertz CT molecular complexity index is 2850. The second-order valence-electron chi connectivity index (χ2n) is 13.6. The first kappa shape index (κ1) is 32.2. The summed E-state index contributed by atoms with van der Waals surface area (Å²) in [6.45, 7) is 0. The zero-order valence-corrected chi connectivity index (χ0v) is 29.9. The second-order valence-corrected chi connectivity index (χ2v) is 13.6. The quantitative estimate of drug-likeness (QED) is 0.155. The number of nitrogens with zero attached hydrogens (tertiary/aromatic N) is 4. The molecule has 0 N–H and O–H groups in total. The van der Waals surface area contributed by atoms with Crippen molar-refractivity contribution < 1.29 is 0 Å². The lowest BCUT2D eigenvalue weighted by Gasteiger charge is -2.28. The smallest absolute Gasteiger partial charge is 0.160 e. The van der Waals surface area contributed by atoms with E-state index in [-0.39, 0.29) is 0 Å². The summed E-state index contributed by atoms with van der Waals surface area (Å²) in [6.07, 6.45) is 0. The first-order chi connectivity index (χ1) is 27.3. The van der Waals surface area contributed by atoms with E-state index < -0.39 is 0 Å². The van der Waals surface area contributed by atoms with E-state index in [0.29, 0.717) is 5.82 Å². The molecule has 258 valence electrons. The van der Waals surface area contributed by atoms with Crippen molar-refractivity contribution in [1.29, 1.82) is 0 Å². The Labute approximate surface area is 319 Å². The highest BCUT2D eigenvalue weighted by molar-refractivity contribution is 6.27. The third-order valence-corrected chi connectivity index (χ3v) is 10.2. The fourth-order valence-corrected chi connectivity index (χ4v) is 7.67. The standard InChI is InChI=1S/C51H34N4/c1-5-18-35(19-6-1)45-34-46(36-20-7-2-8-21-36)54-51(53-45)39-24-17-23-38(32-39)50-49-47(55(40-25-9-3-10-26-40)41-27-11-4-12-28-41)33-37-22-13-14-29-42(37)48(49)43-30-15-16-31-44(43)52-50/h1-34H. The van der Waals surface area contributed by atoms with Crippen molar-refractivity contribution in [2.75, 3.05) is 4.90 Å². The molecule has 0 radical (unpaired) electrons. The summed E-state index contributed by atoms with van der Waals surface area (Å²) in [5.74, 6) is 0.660. The molecule has 4 heteroatoms. The van der Waals surface area contributed by atoms with Crippen LogP contribution in [0.4, 0.5) is 17.1 Å². The Kier molecular flexibility index (Phi) is 8.12. The number of pyridine rings is 1. The normalized spacial score (nSPS) is 11.3. The summed E-state index contributed by atoms with van der Waals surface area (Å²) >= 11 is 0. The van der Waals surface area contributed by atoms with Gasteiger partial charge < -0.3 is 4.90 Å². The number of rotatable bonds is 7. The van der Waals surface area contributed by atoms with Gasteiger partial charge in [-0.2, -0.15) is 0 Å². The van der Waals surface area contributed by atoms with Crippen molar-refractivity contribution in [1.82, 2.24) is 15.0 Å². The summed E-state index contributed by atoms with van der Waals surface area (Å²) in [6, 6.07) is 72.0. The lowest BCUT2D eigenvalue weighted by molar-refractivity contribution is 1.18. The summed E-state index contributed by atoms with van der Waals surface area (Å²) in [7, 11) is 0. The predicted molar refractivity (Wildman–Crippen MR) is 229 cm³/mol. The maximum absolute atomic E-state index is 5.51. The van der Waals surface area contributed by atoms with E-state index in [4.69, 9.17) is 15.0 Å². The zero-order valence-electron chi connectivity index (χ0n) is 29.9. The number of para-hydroxylation sites is 3. The molecular formula is C51H34N4. The van der Waals surface area contributed by atoms with Crippen molar-refractivity contribution >= 4 is 49.5 Å². The van der Waals surface area contributed by atoms with Crippen LogP contribution in [0.5, 0.6) is 0 Å². The van der Waals surface area contributed by atoms with Gasteiger partial charge in [0.1, 0.15) is 0 Å². The number of anilines is 3. The molecule has 2 heterocycles. The number of benzene rings is 8. The van der Waals surface area contributed by atoms with E-state index >= 15 is 0 Å². The predicted octanol–water partition coefficient (Wildman–Crippen LogP) is 13.5. The first-order valence-electron chi connectivity index (χ1n) is 18.5. The molecule has 2 aromatic heterocycles. The molecule has 0 spiro atoms. The van der Waals surface area contributed by atoms with Gasteiger partial charge in [0, 0.05) is 49.8 Å². The molecule has 0 saturated carbocycles. The zero-order chi connectivity index (χ0) is 36.6. The molecule has 0 bridgehead atoms. The Morgan fingerprint density at radius 1 is 0.345 bits per heavy atom. The van der Waals surface area contributed by atoms with Crippen LogP contribution < -0.4 is 4.90 Å². The second kappa shape index (κ2) is 13.8. The lowest BCUT2D eigenvalue weighted by atomic mass is 9.92. The molecule has 0 amide bonds. The van der Waals surface area contributed by atoms with Crippen LogP contribution >= 0.6 is 0 Å². The average molecular weight is 703 g/mol. The largest absolute Gasteiger partial charge is 0.310 e. The van der Waals surface area contributed by atoms with Crippen LogP contribution in [-0.4, -0.2) is 15.0 Å². The third kappa shape index (κ3) is 5.96. The van der Waals surface area contributed by atoms with Gasteiger partial charge in [-0.25, -0.2) is 15.0 Å². The fraction of sp³-hybridized carbons (Fsp3) is 0. The van der Waals surface area contributed by atoms with Crippen molar-refractivity contribution in [3.8, 4) is 45.2 Å². The minimum atomic E-state index is 0.660. The van der Waals surface area contributed by atoms with Crippen molar-refractivity contribution in [3.63, 3.8) is 0 Å². The van der Waals surface area contributed by atoms with E-state index in [9.17, 15) is 0 Å². The SMILES string of the molecule is c1ccc(-c2cc(-c3ccccc3)nc(-c3cccc(-c4nc5ccccc5c5c4c(N(c4ccccc4)c4ccccc4)cc4ccccc45)c3)n2)cc1. The molecule has 0 unspecified atom stereocenters. The Morgan fingerprint density at radius 2 is 0.855 bits per heavy atom. The molecule has 4 nitrogen and oxygen atoms in total. The number of hydrogen-bond acceptors (Lipinski definition) is 4. The lowest BCUT2D eigenvalue weighted by Crippen LogP contribution is -2.11. The van der Waals surface area contributed by atoms with Gasteiger partial charge in [0.05, 0.1) is 28.3 Å². The summed E-state index contributed by atoms with van der Waals surface area (Å²) in [4.78, 5) is 18.2. The van der Waals surface area contributed by atoms with Crippen LogP contribution in [0, 0.1) is 0 Å². The van der Waals surface area contributed by atoms with Crippen molar-refractivity contribution in [2.24, 2.45) is 0 Å². The highest BCUT2D eigenvalue weighted by atomic mass is 15.1. The van der Waals surface area contributed by atoms with Crippen LogP contribution in [0.15, 0.2) is 206 Å². The molecule has 0 fully saturated rings. The molecule has 0 saturated heterocycles. The highest BCUT2D eigenvalue weighted by Gasteiger charge is 2.23. The molecule has 0 atom stereocenters. The number of hydrogen-bond donors (Lipinski definition) is 0. The van der Waals surface area contributed by atoms with Gasteiger partial charge in [-0.05, 0) is 59.3 Å². The van der Waals surface area contributed by atoms with Crippen LogP contribution in [0.3, 0.4) is 0 Å². The minimum Gasteiger partial charge on any atom is -0.310 e. The van der Waals surface area contributed by atoms with E-state index in [1.807, 2.05) is 36.4 Å². The van der Waals surface area contributed by atoms with Gasteiger partial charge in [0.25, 0.3) is 0 Å². The summed E-state index contributed by atoms with van der Waals surface area (Å²) < 4.78 is 0. The van der Waals surface area contributed by atoms with Crippen molar-refractivity contribution in [3.05, 3.63) is 206 Å². The molecule has 55 heavy (non-hydrogen) atoms. The average Bonchev–Trinajstić information content (AvgIpc) is 3.27. The Hall–Kier alpha value is -7.43. The van der Waals surface area contributed by atoms with E-state index in [2.05, 4.69) is 175 Å². The van der Waals surface area contributed by atoms with Gasteiger partial charge in [-0.15, -0.1) is 0 Å². The monoisotopic (exact) mass is 702 g/mol. The Morgan fingerprint density at radius 3 is 1.49 bits per heavy atom. The first-order valence-corrected chi connectivity index (χ1v) is 18.5. The van der Waals surface area contributed by atoms with Gasteiger partial charge in [-0.3, -0.25) is 0 Å². The molecule has 10 aromatic rings. The molecule has 0 aliphatic carbocycles. The third-order valence-electron chi connectivity index (χ3n) is 10.2. The number of fused-ring (bicyclic) bond motifs is 5. The molecule has 0 aliphatic heterocycles. The summed E-state index contributed by atoms with van der Waals surface area (Å²) in [5, 5.41) is 5.71. The maximum Gasteiger partial charge on any atom is 0.160 e. The fourth-order valence-electron chi connectivity index (χ4n) is 7.67. The molecule has 8 aromatic carbocycles. The van der Waals surface area contributed by atoms with Gasteiger partial charge in [-0.1, -0.05) is 158 Å². The van der Waals surface area contributed by atoms with Crippen LogP contribution in [0.2, 0.25) is 0 Å². The minimum absolute atomic E-state index is 0.660. The van der Waals surface area contributed by atoms with Gasteiger partial charge in [0.2, 0.25) is 0 Å². The van der Waals surface area contributed by atoms with Crippen molar-refractivity contribution in [2.45, 2.75) is 0 Å². The van der Waals surface area contributed by atoms with Gasteiger partial charge in [0.15, 0.2) is 5.82 Å². The number of aromatic nitrogens is 3. The summed E-state index contributed by atoms with van der Waals surface area (Å²) in [5.41, 5.74) is 10.8. The maximum atomic E-state index is 5.51. The van der Waals surface area contributed by atoms with Crippen LogP contribution in [-0.2, 0) is 0 Å². The molecule has 10 rings (SSSR count). The van der Waals surface area contributed by atoms with E-state index in [1.54, 1.807) is 0 Å². The van der Waals surface area contributed by atoms with Crippen LogP contribution in [0.1, 0.15) is 0 Å².